The molecule has 0 saturated heterocycles. The van der Waals surface area contributed by atoms with Crippen LogP contribution in [0.5, 0.6) is 5.75 Å². The lowest BCUT2D eigenvalue weighted by atomic mass is 10.1. The van der Waals surface area contributed by atoms with Crippen LogP contribution in [0.1, 0.15) is 18.5 Å². The Morgan fingerprint density at radius 3 is 2.73 bits per heavy atom. The number of nitrogens with one attached hydrogen (secondary N) is 1. The van der Waals surface area contributed by atoms with Gasteiger partial charge in [-0.2, -0.15) is 12.6 Å². The monoisotopic (exact) mass is 229 g/mol. The highest BCUT2D eigenvalue weighted by atomic mass is 32.1. The van der Waals surface area contributed by atoms with Crippen molar-refractivity contribution in [2.45, 2.75) is 13.0 Å². The Labute approximate surface area is 95.2 Å². The van der Waals surface area contributed by atoms with Gasteiger partial charge in [0.25, 0.3) is 0 Å². The van der Waals surface area contributed by atoms with Crippen LogP contribution in [0.2, 0.25) is 0 Å². The lowest BCUT2D eigenvalue weighted by Crippen LogP contribution is -2.17. The molecule has 1 aromatic rings. The molecule has 0 aromatic heterocycles. The van der Waals surface area contributed by atoms with Gasteiger partial charge in [-0.15, -0.1) is 0 Å². The number of hydrogen-bond acceptors (Lipinski definition) is 3. The van der Waals surface area contributed by atoms with Crippen LogP contribution < -0.4 is 10.1 Å². The van der Waals surface area contributed by atoms with Gasteiger partial charge in [-0.05, 0) is 31.7 Å². The fourth-order valence-electron chi connectivity index (χ4n) is 1.37. The summed E-state index contributed by atoms with van der Waals surface area (Å²) in [5.74, 6) is 0.607. The van der Waals surface area contributed by atoms with Gasteiger partial charge in [0.15, 0.2) is 11.6 Å². The van der Waals surface area contributed by atoms with Gasteiger partial charge < -0.3 is 10.1 Å². The van der Waals surface area contributed by atoms with Crippen molar-refractivity contribution < 1.29 is 9.13 Å². The summed E-state index contributed by atoms with van der Waals surface area (Å²) in [5, 5.41) is 3.06. The molecule has 0 bridgehead atoms. The molecule has 0 fully saturated rings. The Balaban J connectivity index is 2.89. The molecule has 1 atom stereocenters. The largest absolute Gasteiger partial charge is 0.491 e. The molecular formula is C11H16FNOS. The molecule has 0 heterocycles. The van der Waals surface area contributed by atoms with Crippen LogP contribution in [-0.2, 0) is 0 Å². The average molecular weight is 229 g/mol. The Bertz CT molecular complexity index is 315. The molecule has 1 N–H and O–H groups in total. The van der Waals surface area contributed by atoms with E-state index < -0.39 is 0 Å². The highest BCUT2D eigenvalue weighted by molar-refractivity contribution is 7.80. The Morgan fingerprint density at radius 1 is 1.53 bits per heavy atom. The molecule has 0 aliphatic carbocycles. The van der Waals surface area contributed by atoms with Gasteiger partial charge in [-0.25, -0.2) is 4.39 Å². The van der Waals surface area contributed by atoms with Crippen LogP contribution in [0.15, 0.2) is 18.2 Å². The van der Waals surface area contributed by atoms with Crippen molar-refractivity contribution in [3.63, 3.8) is 0 Å². The molecule has 15 heavy (non-hydrogen) atoms. The lowest BCUT2D eigenvalue weighted by Gasteiger charge is -2.14. The summed E-state index contributed by atoms with van der Waals surface area (Å²) in [4.78, 5) is 0. The third kappa shape index (κ3) is 3.11. The van der Waals surface area contributed by atoms with Crippen LogP contribution in [-0.4, -0.2) is 19.4 Å². The molecular weight excluding hydrogens is 213 g/mol. The normalized spacial score (nSPS) is 12.5. The number of benzene rings is 1. The van der Waals surface area contributed by atoms with Crippen molar-refractivity contribution in [3.8, 4) is 5.75 Å². The SMILES string of the molecule is CCOc1ccc(C(CS)NC)cc1F. The van der Waals surface area contributed by atoms with Crippen molar-refractivity contribution in [2.75, 3.05) is 19.4 Å². The second-order valence-electron chi connectivity index (χ2n) is 3.15. The van der Waals surface area contributed by atoms with Crippen molar-refractivity contribution in [2.24, 2.45) is 0 Å². The first-order valence-electron chi connectivity index (χ1n) is 4.93. The van der Waals surface area contributed by atoms with Gasteiger partial charge in [0, 0.05) is 11.8 Å². The predicted molar refractivity (Wildman–Crippen MR) is 63.2 cm³/mol. The quantitative estimate of drug-likeness (QED) is 0.757. The summed E-state index contributed by atoms with van der Waals surface area (Å²) in [6, 6.07) is 5.06. The summed E-state index contributed by atoms with van der Waals surface area (Å²) < 4.78 is 18.6. The van der Waals surface area contributed by atoms with Crippen LogP contribution in [0.3, 0.4) is 0 Å². The molecule has 4 heteroatoms. The smallest absolute Gasteiger partial charge is 0.165 e. The van der Waals surface area contributed by atoms with Crippen LogP contribution in [0.4, 0.5) is 4.39 Å². The fraction of sp³-hybridized carbons (Fsp3) is 0.455. The number of halogens is 1. The van der Waals surface area contributed by atoms with Gasteiger partial charge in [0.05, 0.1) is 6.61 Å². The average Bonchev–Trinajstić information content (AvgIpc) is 2.24. The number of ether oxygens (including phenoxy) is 1. The molecule has 0 radical (unpaired) electrons. The Morgan fingerprint density at radius 2 is 2.27 bits per heavy atom. The summed E-state index contributed by atoms with van der Waals surface area (Å²) in [6.07, 6.45) is 0. The highest BCUT2D eigenvalue weighted by Crippen LogP contribution is 2.22. The van der Waals surface area contributed by atoms with E-state index in [1.165, 1.54) is 6.07 Å². The van der Waals surface area contributed by atoms with E-state index in [2.05, 4.69) is 17.9 Å². The summed E-state index contributed by atoms with van der Waals surface area (Å²) in [7, 11) is 1.83. The zero-order chi connectivity index (χ0) is 11.3. The fourth-order valence-corrected chi connectivity index (χ4v) is 1.76. The van der Waals surface area contributed by atoms with Crippen LogP contribution >= 0.6 is 12.6 Å². The molecule has 0 spiro atoms. The van der Waals surface area contributed by atoms with Crippen molar-refractivity contribution >= 4 is 12.6 Å². The van der Waals surface area contributed by atoms with Crippen molar-refractivity contribution in [1.29, 1.82) is 0 Å². The zero-order valence-electron chi connectivity index (χ0n) is 8.96. The Hall–Kier alpha value is -0.740. The first kappa shape index (κ1) is 12.3. The maximum Gasteiger partial charge on any atom is 0.165 e. The van der Waals surface area contributed by atoms with Gasteiger partial charge in [-0.1, -0.05) is 6.07 Å². The molecule has 0 aliphatic heterocycles. The van der Waals surface area contributed by atoms with E-state index in [-0.39, 0.29) is 11.9 Å². The van der Waals surface area contributed by atoms with Crippen LogP contribution in [0, 0.1) is 5.82 Å². The van der Waals surface area contributed by atoms with E-state index in [1.54, 1.807) is 6.07 Å². The van der Waals surface area contributed by atoms with E-state index in [1.807, 2.05) is 20.0 Å². The first-order valence-corrected chi connectivity index (χ1v) is 5.56. The second-order valence-corrected chi connectivity index (χ2v) is 3.51. The summed E-state index contributed by atoms with van der Waals surface area (Å²) >= 11 is 4.19. The van der Waals surface area contributed by atoms with E-state index >= 15 is 0 Å². The minimum absolute atomic E-state index is 0.0681. The van der Waals surface area contributed by atoms with Gasteiger partial charge in [0.2, 0.25) is 0 Å². The van der Waals surface area contributed by atoms with E-state index in [0.717, 1.165) is 5.56 Å². The minimum Gasteiger partial charge on any atom is -0.491 e. The van der Waals surface area contributed by atoms with E-state index in [9.17, 15) is 4.39 Å². The predicted octanol–water partition coefficient (Wildman–Crippen LogP) is 2.41. The Kier molecular flexibility index (Phi) is 4.91. The molecule has 0 amide bonds. The third-order valence-electron chi connectivity index (χ3n) is 2.19. The maximum absolute atomic E-state index is 13.5. The number of rotatable bonds is 5. The summed E-state index contributed by atoms with van der Waals surface area (Å²) in [5.41, 5.74) is 0.883. The van der Waals surface area contributed by atoms with Gasteiger partial charge in [0.1, 0.15) is 0 Å². The molecule has 2 nitrogen and oxygen atoms in total. The highest BCUT2D eigenvalue weighted by Gasteiger charge is 2.10. The van der Waals surface area contributed by atoms with Crippen LogP contribution in [0.25, 0.3) is 0 Å². The third-order valence-corrected chi connectivity index (χ3v) is 2.55. The number of hydrogen-bond donors (Lipinski definition) is 2. The van der Waals surface area contributed by atoms with Crippen molar-refractivity contribution in [3.05, 3.63) is 29.6 Å². The maximum atomic E-state index is 13.5. The minimum atomic E-state index is -0.323. The second kappa shape index (κ2) is 5.98. The topological polar surface area (TPSA) is 21.3 Å². The molecule has 84 valence electrons. The summed E-state index contributed by atoms with van der Waals surface area (Å²) in [6.45, 7) is 2.30. The van der Waals surface area contributed by atoms with E-state index in [4.69, 9.17) is 4.74 Å². The molecule has 1 unspecified atom stereocenters. The molecule has 1 rings (SSSR count). The lowest BCUT2D eigenvalue weighted by molar-refractivity contribution is 0.321. The molecule has 0 saturated carbocycles. The van der Waals surface area contributed by atoms with E-state index in [0.29, 0.717) is 18.1 Å². The van der Waals surface area contributed by atoms with Gasteiger partial charge >= 0.3 is 0 Å². The van der Waals surface area contributed by atoms with Crippen molar-refractivity contribution in [1.82, 2.24) is 5.32 Å². The standard InChI is InChI=1S/C11H16FNOS/c1-3-14-11-5-4-8(6-9(11)12)10(7-15)13-2/h4-6,10,13,15H,3,7H2,1-2H3. The zero-order valence-corrected chi connectivity index (χ0v) is 9.85. The number of thiol groups is 1. The first-order chi connectivity index (χ1) is 7.22. The molecule has 0 aliphatic rings. The molecule has 1 aromatic carbocycles. The van der Waals surface area contributed by atoms with Gasteiger partial charge in [-0.3, -0.25) is 0 Å².